The first kappa shape index (κ1) is 17.9. The van der Waals surface area contributed by atoms with Gasteiger partial charge >= 0.3 is 0 Å². The summed E-state index contributed by atoms with van der Waals surface area (Å²) in [6.45, 7) is 4.24. The van der Waals surface area contributed by atoms with Gasteiger partial charge in [0.2, 0.25) is 0 Å². The summed E-state index contributed by atoms with van der Waals surface area (Å²) < 4.78 is 3.10. The Hall–Kier alpha value is -3.49. The van der Waals surface area contributed by atoms with E-state index in [2.05, 4.69) is 20.2 Å². The summed E-state index contributed by atoms with van der Waals surface area (Å²) in [4.78, 5) is 28.6. The molecule has 3 aromatic rings. The van der Waals surface area contributed by atoms with E-state index in [-0.39, 0.29) is 17.0 Å². The number of hydrogen-bond donors (Lipinski definition) is 0. The van der Waals surface area contributed by atoms with Crippen LogP contribution >= 0.6 is 0 Å². The van der Waals surface area contributed by atoms with E-state index in [1.807, 2.05) is 31.3 Å². The van der Waals surface area contributed by atoms with E-state index in [0.717, 1.165) is 11.5 Å². The fraction of sp³-hybridized carbons (Fsp3) is 0.316. The number of nitrogens with zero attached hydrogens (tertiary/aromatic N) is 7. The van der Waals surface area contributed by atoms with Crippen LogP contribution in [0.4, 0.5) is 5.82 Å². The van der Waals surface area contributed by atoms with Crippen LogP contribution in [-0.2, 0) is 7.05 Å². The van der Waals surface area contributed by atoms with Gasteiger partial charge in [-0.05, 0) is 37.3 Å². The molecular formula is C19H21N7O2. The summed E-state index contributed by atoms with van der Waals surface area (Å²) in [7, 11) is 1.64. The van der Waals surface area contributed by atoms with Gasteiger partial charge < -0.3 is 14.4 Å². The highest BCUT2D eigenvalue weighted by molar-refractivity contribution is 5.94. The third-order valence-electron chi connectivity index (χ3n) is 4.84. The van der Waals surface area contributed by atoms with Crippen molar-refractivity contribution in [1.82, 2.24) is 29.4 Å². The van der Waals surface area contributed by atoms with Crippen molar-refractivity contribution in [1.29, 1.82) is 0 Å². The number of amides is 1. The molecular weight excluding hydrogens is 358 g/mol. The van der Waals surface area contributed by atoms with E-state index in [1.54, 1.807) is 35.0 Å². The molecule has 9 heteroatoms. The topological polar surface area (TPSA) is 89.1 Å². The zero-order valence-corrected chi connectivity index (χ0v) is 15.8. The Morgan fingerprint density at radius 3 is 2.32 bits per heavy atom. The minimum absolute atomic E-state index is 0.206. The Morgan fingerprint density at radius 2 is 1.68 bits per heavy atom. The van der Waals surface area contributed by atoms with Crippen LogP contribution < -0.4 is 10.5 Å². The number of piperazine rings is 1. The van der Waals surface area contributed by atoms with Gasteiger partial charge in [-0.25, -0.2) is 4.68 Å². The highest BCUT2D eigenvalue weighted by atomic mass is 16.2. The maximum absolute atomic E-state index is 12.7. The molecule has 0 atom stereocenters. The summed E-state index contributed by atoms with van der Waals surface area (Å²) in [5, 5.41) is 12.9. The van der Waals surface area contributed by atoms with Crippen LogP contribution in [0.15, 0.2) is 47.5 Å². The van der Waals surface area contributed by atoms with E-state index in [9.17, 15) is 9.59 Å². The van der Waals surface area contributed by atoms with Crippen LogP contribution in [0.1, 0.15) is 16.1 Å². The first-order valence-corrected chi connectivity index (χ1v) is 9.09. The second-order valence-electron chi connectivity index (χ2n) is 6.77. The van der Waals surface area contributed by atoms with Gasteiger partial charge in [-0.3, -0.25) is 9.59 Å². The molecule has 0 bridgehead atoms. The number of pyridine rings is 1. The molecule has 4 heterocycles. The molecule has 3 aromatic heterocycles. The average molecular weight is 379 g/mol. The molecule has 28 heavy (non-hydrogen) atoms. The number of carbonyl (C=O) groups is 1. The predicted molar refractivity (Wildman–Crippen MR) is 104 cm³/mol. The van der Waals surface area contributed by atoms with Gasteiger partial charge in [0.25, 0.3) is 11.5 Å². The van der Waals surface area contributed by atoms with Crippen molar-refractivity contribution in [2.75, 3.05) is 31.1 Å². The normalized spacial score (nSPS) is 14.4. The highest BCUT2D eigenvalue weighted by Gasteiger charge is 2.24. The van der Waals surface area contributed by atoms with E-state index in [1.165, 1.54) is 4.57 Å². The summed E-state index contributed by atoms with van der Waals surface area (Å²) in [6.07, 6.45) is 3.49. The molecule has 1 fully saturated rings. The lowest BCUT2D eigenvalue weighted by Crippen LogP contribution is -2.50. The zero-order valence-electron chi connectivity index (χ0n) is 15.8. The maximum Gasteiger partial charge on any atom is 0.263 e. The highest BCUT2D eigenvalue weighted by Crippen LogP contribution is 2.15. The molecule has 0 radical (unpaired) electrons. The Morgan fingerprint density at radius 1 is 0.964 bits per heavy atom. The number of aromatic nitrogens is 5. The predicted octanol–water partition coefficient (Wildman–Crippen LogP) is 0.632. The van der Waals surface area contributed by atoms with E-state index in [4.69, 9.17) is 0 Å². The number of hydrogen-bond acceptors (Lipinski definition) is 6. The van der Waals surface area contributed by atoms with Crippen LogP contribution in [0, 0.1) is 6.92 Å². The lowest BCUT2D eigenvalue weighted by molar-refractivity contribution is 0.0744. The minimum atomic E-state index is -0.273. The third kappa shape index (κ3) is 3.38. The zero-order chi connectivity index (χ0) is 19.7. The van der Waals surface area contributed by atoms with Crippen molar-refractivity contribution in [3.05, 3.63) is 64.3 Å². The first-order chi connectivity index (χ1) is 13.5. The Kier molecular flexibility index (Phi) is 4.64. The molecule has 0 N–H and O–H groups in total. The van der Waals surface area contributed by atoms with Gasteiger partial charge in [0.1, 0.15) is 5.56 Å². The molecule has 1 aliphatic heterocycles. The molecule has 1 amide bonds. The lowest BCUT2D eigenvalue weighted by atomic mass is 10.2. The molecule has 0 saturated carbocycles. The molecule has 0 aromatic carbocycles. The summed E-state index contributed by atoms with van der Waals surface area (Å²) in [5.74, 6) is 1.19. The fourth-order valence-electron chi connectivity index (χ4n) is 3.22. The first-order valence-electron chi connectivity index (χ1n) is 9.09. The molecule has 144 valence electrons. The SMILES string of the molecule is Cc1ccn(-c2ccc(N3CCN(C(=O)c4cccn(C)c4=O)CC3)nn2)n1. The van der Waals surface area contributed by atoms with Crippen LogP contribution in [0.5, 0.6) is 0 Å². The minimum Gasteiger partial charge on any atom is -0.352 e. The molecule has 0 unspecified atom stereocenters. The Labute approximate surface area is 161 Å². The Bertz CT molecular complexity index is 1050. The van der Waals surface area contributed by atoms with Crippen LogP contribution in [0.2, 0.25) is 0 Å². The second kappa shape index (κ2) is 7.26. The van der Waals surface area contributed by atoms with Gasteiger partial charge in [0.05, 0.1) is 5.69 Å². The quantitative estimate of drug-likeness (QED) is 0.663. The molecule has 4 rings (SSSR count). The Balaban J connectivity index is 1.42. The standard InChI is InChI=1S/C19H21N7O2/c1-14-7-9-26(22-14)17-6-5-16(20-21-17)24-10-12-25(13-11-24)19(28)15-4-3-8-23(2)18(15)27/h3-9H,10-13H2,1-2H3. The van der Waals surface area contributed by atoms with E-state index in [0.29, 0.717) is 32.0 Å². The lowest BCUT2D eigenvalue weighted by Gasteiger charge is -2.35. The van der Waals surface area contributed by atoms with Crippen LogP contribution in [0.25, 0.3) is 5.82 Å². The van der Waals surface area contributed by atoms with Gasteiger partial charge in [0, 0.05) is 45.6 Å². The molecule has 9 nitrogen and oxygen atoms in total. The van der Waals surface area contributed by atoms with Gasteiger partial charge in [-0.2, -0.15) is 5.10 Å². The fourth-order valence-corrected chi connectivity index (χ4v) is 3.22. The number of carbonyl (C=O) groups excluding carboxylic acids is 1. The van der Waals surface area contributed by atoms with Crippen molar-refractivity contribution >= 4 is 11.7 Å². The molecule has 0 aliphatic carbocycles. The van der Waals surface area contributed by atoms with Crippen molar-refractivity contribution in [3.8, 4) is 5.82 Å². The second-order valence-corrected chi connectivity index (χ2v) is 6.77. The van der Waals surface area contributed by atoms with Crippen LogP contribution in [-0.4, -0.2) is 61.5 Å². The summed E-state index contributed by atoms with van der Waals surface area (Å²) in [5.41, 5.74) is 0.849. The van der Waals surface area contributed by atoms with Gasteiger partial charge in [-0.1, -0.05) is 0 Å². The van der Waals surface area contributed by atoms with Crippen molar-refractivity contribution < 1.29 is 4.79 Å². The maximum atomic E-state index is 12.7. The van der Waals surface area contributed by atoms with E-state index >= 15 is 0 Å². The average Bonchev–Trinajstić information content (AvgIpc) is 3.16. The van der Waals surface area contributed by atoms with Crippen molar-refractivity contribution in [2.45, 2.75) is 6.92 Å². The number of anilines is 1. The molecule has 1 saturated heterocycles. The number of rotatable bonds is 3. The largest absolute Gasteiger partial charge is 0.352 e. The van der Waals surface area contributed by atoms with E-state index < -0.39 is 0 Å². The smallest absolute Gasteiger partial charge is 0.263 e. The summed E-state index contributed by atoms with van der Waals surface area (Å²) >= 11 is 0. The van der Waals surface area contributed by atoms with Gasteiger partial charge in [-0.15, -0.1) is 10.2 Å². The molecule has 0 spiro atoms. The third-order valence-corrected chi connectivity index (χ3v) is 4.84. The van der Waals surface area contributed by atoms with Crippen LogP contribution in [0.3, 0.4) is 0 Å². The van der Waals surface area contributed by atoms with Crippen molar-refractivity contribution in [2.24, 2.45) is 7.05 Å². The monoisotopic (exact) mass is 379 g/mol. The number of aryl methyl sites for hydroxylation is 2. The van der Waals surface area contributed by atoms with Crippen molar-refractivity contribution in [3.63, 3.8) is 0 Å². The summed E-state index contributed by atoms with van der Waals surface area (Å²) in [6, 6.07) is 8.98. The van der Waals surface area contributed by atoms with Gasteiger partial charge in [0.15, 0.2) is 11.6 Å². The molecule has 1 aliphatic rings.